The molecule has 0 saturated carbocycles. The van der Waals surface area contributed by atoms with Gasteiger partial charge < -0.3 is 5.73 Å². The number of nitrogen functional groups attached to an aromatic ring is 1. The zero-order valence-corrected chi connectivity index (χ0v) is 11.7. The molecule has 1 aromatic heterocycles. The van der Waals surface area contributed by atoms with Crippen molar-refractivity contribution in [1.29, 1.82) is 5.26 Å². The monoisotopic (exact) mass is 282 g/mol. The largest absolute Gasteiger partial charge is 0.382 e. The maximum absolute atomic E-state index is 8.84. The molecule has 1 atom stereocenters. The molecular formula is C15H14N4S. The molecule has 0 radical (unpaired) electrons. The number of nitrogens with zero attached hydrogens (tertiary/aromatic N) is 3. The molecule has 0 aliphatic heterocycles. The Kier molecular flexibility index (Phi) is 3.57. The highest BCUT2D eigenvalue weighted by atomic mass is 32.2. The van der Waals surface area contributed by atoms with Gasteiger partial charge in [-0.3, -0.25) is 0 Å². The van der Waals surface area contributed by atoms with Crippen LogP contribution in [0.25, 0.3) is 0 Å². The molecule has 3 rings (SSSR count). The second kappa shape index (κ2) is 5.51. The average molecular weight is 282 g/mol. The zero-order chi connectivity index (χ0) is 13.9. The van der Waals surface area contributed by atoms with Gasteiger partial charge >= 0.3 is 0 Å². The Morgan fingerprint density at radius 1 is 1.35 bits per heavy atom. The van der Waals surface area contributed by atoms with Crippen LogP contribution in [0.3, 0.4) is 0 Å². The lowest BCUT2D eigenvalue weighted by Crippen LogP contribution is -2.08. The summed E-state index contributed by atoms with van der Waals surface area (Å²) in [5.74, 6) is 0.258. The maximum atomic E-state index is 8.84. The summed E-state index contributed by atoms with van der Waals surface area (Å²) in [6, 6.07) is 10.5. The van der Waals surface area contributed by atoms with Gasteiger partial charge in [0.25, 0.3) is 0 Å². The Morgan fingerprint density at radius 2 is 2.20 bits per heavy atom. The lowest BCUT2D eigenvalue weighted by Gasteiger charge is -2.24. The van der Waals surface area contributed by atoms with Crippen molar-refractivity contribution >= 4 is 17.6 Å². The van der Waals surface area contributed by atoms with E-state index in [-0.39, 0.29) is 5.82 Å². The van der Waals surface area contributed by atoms with E-state index in [1.807, 2.05) is 6.07 Å². The van der Waals surface area contributed by atoms with Gasteiger partial charge in [-0.05, 0) is 30.4 Å². The third kappa shape index (κ3) is 2.47. The summed E-state index contributed by atoms with van der Waals surface area (Å²) in [6.45, 7) is 0. The van der Waals surface area contributed by atoms with Crippen molar-refractivity contribution in [1.82, 2.24) is 9.97 Å². The molecule has 0 unspecified atom stereocenters. The Morgan fingerprint density at radius 3 is 3.00 bits per heavy atom. The quantitative estimate of drug-likeness (QED) is 0.856. The molecule has 4 nitrogen and oxygen atoms in total. The highest BCUT2D eigenvalue weighted by Gasteiger charge is 2.22. The van der Waals surface area contributed by atoms with Crippen LogP contribution >= 0.6 is 11.8 Å². The maximum Gasteiger partial charge on any atom is 0.190 e. The molecule has 100 valence electrons. The topological polar surface area (TPSA) is 75.6 Å². The summed E-state index contributed by atoms with van der Waals surface area (Å²) in [6.07, 6.45) is 4.94. The molecule has 0 saturated heterocycles. The molecule has 5 heteroatoms. The van der Waals surface area contributed by atoms with Gasteiger partial charge in [-0.25, -0.2) is 9.97 Å². The first-order valence-electron chi connectivity index (χ1n) is 6.55. The number of hydrogen-bond acceptors (Lipinski definition) is 5. The van der Waals surface area contributed by atoms with Crippen LogP contribution in [-0.2, 0) is 6.42 Å². The van der Waals surface area contributed by atoms with Crippen LogP contribution in [0.5, 0.6) is 0 Å². The number of nitriles is 1. The average Bonchev–Trinajstić information content (AvgIpc) is 2.48. The molecule has 1 aromatic carbocycles. The number of fused-ring (bicyclic) bond motifs is 1. The summed E-state index contributed by atoms with van der Waals surface area (Å²) >= 11 is 1.63. The Balaban J connectivity index is 1.86. The first kappa shape index (κ1) is 12.9. The first-order chi connectivity index (χ1) is 9.78. The van der Waals surface area contributed by atoms with Gasteiger partial charge in [-0.2, -0.15) is 5.26 Å². The summed E-state index contributed by atoms with van der Waals surface area (Å²) in [4.78, 5) is 8.44. The highest BCUT2D eigenvalue weighted by Crippen LogP contribution is 2.42. The number of rotatable bonds is 2. The molecule has 0 spiro atoms. The van der Waals surface area contributed by atoms with Crippen molar-refractivity contribution in [3.63, 3.8) is 0 Å². The molecule has 0 fully saturated rings. The van der Waals surface area contributed by atoms with Crippen LogP contribution in [0.4, 0.5) is 5.82 Å². The molecule has 0 amide bonds. The minimum Gasteiger partial charge on any atom is -0.382 e. The molecule has 1 aliphatic rings. The minimum absolute atomic E-state index is 0.258. The number of thioether (sulfide) groups is 1. The second-order valence-corrected chi connectivity index (χ2v) is 5.93. The van der Waals surface area contributed by atoms with Crippen molar-refractivity contribution in [2.45, 2.75) is 29.7 Å². The van der Waals surface area contributed by atoms with Gasteiger partial charge in [-0.15, -0.1) is 0 Å². The molecule has 2 N–H and O–H groups in total. The second-order valence-electron chi connectivity index (χ2n) is 4.76. The smallest absolute Gasteiger partial charge is 0.190 e. The molecule has 1 heterocycles. The van der Waals surface area contributed by atoms with E-state index in [1.165, 1.54) is 23.7 Å². The standard InChI is InChI=1S/C15H14N4S/c16-8-11-9-18-15(19-14(11)17)20-13-7-3-5-10-4-1-2-6-12(10)13/h1-2,4,6,9,13H,3,5,7H2,(H2,17,18,19)/t13-/m0/s1. The van der Waals surface area contributed by atoms with E-state index < -0.39 is 0 Å². The SMILES string of the molecule is N#Cc1cnc(S[C@H]2CCCc3ccccc32)nc1N. The third-order valence-electron chi connectivity index (χ3n) is 3.48. The van der Waals surface area contributed by atoms with E-state index in [4.69, 9.17) is 11.0 Å². The Bertz CT molecular complexity index is 678. The normalized spacial score (nSPS) is 17.2. The van der Waals surface area contributed by atoms with Gasteiger partial charge in [0.1, 0.15) is 17.5 Å². The van der Waals surface area contributed by atoms with Crippen molar-refractivity contribution in [3.05, 3.63) is 47.2 Å². The van der Waals surface area contributed by atoms with Crippen LogP contribution in [0, 0.1) is 11.3 Å². The molecule has 2 aromatic rings. The molecular weight excluding hydrogens is 268 g/mol. The fourth-order valence-electron chi connectivity index (χ4n) is 2.48. The van der Waals surface area contributed by atoms with Crippen LogP contribution in [0.1, 0.15) is 34.8 Å². The summed E-state index contributed by atoms with van der Waals surface area (Å²) < 4.78 is 0. The Labute approximate surface area is 122 Å². The van der Waals surface area contributed by atoms with E-state index in [1.54, 1.807) is 11.8 Å². The zero-order valence-electron chi connectivity index (χ0n) is 10.9. The number of aromatic nitrogens is 2. The first-order valence-corrected chi connectivity index (χ1v) is 7.43. The summed E-state index contributed by atoms with van der Waals surface area (Å²) in [5.41, 5.74) is 8.86. The number of benzene rings is 1. The lowest BCUT2D eigenvalue weighted by atomic mass is 9.91. The number of anilines is 1. The van der Waals surface area contributed by atoms with Crippen LogP contribution in [0.15, 0.2) is 35.6 Å². The molecule has 1 aliphatic carbocycles. The van der Waals surface area contributed by atoms with Crippen molar-refractivity contribution in [2.75, 3.05) is 5.73 Å². The molecule has 20 heavy (non-hydrogen) atoms. The van der Waals surface area contributed by atoms with Gasteiger partial charge in [0.2, 0.25) is 0 Å². The van der Waals surface area contributed by atoms with Crippen molar-refractivity contribution in [2.24, 2.45) is 0 Å². The van der Waals surface area contributed by atoms with Gasteiger partial charge in [-0.1, -0.05) is 36.0 Å². The lowest BCUT2D eigenvalue weighted by molar-refractivity contribution is 0.672. The predicted molar refractivity (Wildman–Crippen MR) is 79.1 cm³/mol. The van der Waals surface area contributed by atoms with Gasteiger partial charge in [0, 0.05) is 5.25 Å². The van der Waals surface area contributed by atoms with Gasteiger partial charge in [0.15, 0.2) is 5.16 Å². The predicted octanol–water partition coefficient (Wildman–Crippen LogP) is 3.10. The fourth-order valence-corrected chi connectivity index (χ4v) is 3.64. The van der Waals surface area contributed by atoms with E-state index in [0.717, 1.165) is 12.8 Å². The minimum atomic E-state index is 0.258. The fraction of sp³-hybridized carbons (Fsp3) is 0.267. The van der Waals surface area contributed by atoms with E-state index in [2.05, 4.69) is 34.2 Å². The van der Waals surface area contributed by atoms with Crippen molar-refractivity contribution < 1.29 is 0 Å². The van der Waals surface area contributed by atoms with Gasteiger partial charge in [0.05, 0.1) is 6.20 Å². The van der Waals surface area contributed by atoms with Crippen molar-refractivity contribution in [3.8, 4) is 6.07 Å². The van der Waals surface area contributed by atoms with Crippen LogP contribution in [-0.4, -0.2) is 9.97 Å². The van der Waals surface area contributed by atoms with E-state index >= 15 is 0 Å². The van der Waals surface area contributed by atoms with Crippen LogP contribution in [0.2, 0.25) is 0 Å². The summed E-state index contributed by atoms with van der Waals surface area (Å²) in [7, 11) is 0. The number of aryl methyl sites for hydroxylation is 1. The third-order valence-corrected chi connectivity index (χ3v) is 4.66. The number of hydrogen-bond donors (Lipinski definition) is 1. The van der Waals surface area contributed by atoms with Crippen LogP contribution < -0.4 is 5.73 Å². The Hall–Kier alpha value is -2.06. The highest BCUT2D eigenvalue weighted by molar-refractivity contribution is 7.99. The van der Waals surface area contributed by atoms with E-state index in [9.17, 15) is 0 Å². The van der Waals surface area contributed by atoms with E-state index in [0.29, 0.717) is 16.0 Å². The summed E-state index contributed by atoms with van der Waals surface area (Å²) in [5, 5.41) is 9.85. The molecule has 0 bridgehead atoms. The number of nitrogens with two attached hydrogens (primary N) is 1.